The number of aromatic amines is 1. The molecule has 0 fully saturated rings. The molecule has 98 valence electrons. The fourth-order valence-electron chi connectivity index (χ4n) is 1.44. The van der Waals surface area contributed by atoms with E-state index in [2.05, 4.69) is 21.9 Å². The highest BCUT2D eigenvalue weighted by atomic mass is 32.1. The van der Waals surface area contributed by atoms with Gasteiger partial charge in [0.1, 0.15) is 18.2 Å². The van der Waals surface area contributed by atoms with Crippen LogP contribution >= 0.6 is 12.2 Å². The summed E-state index contributed by atoms with van der Waals surface area (Å²) in [7, 11) is 0. The Balaban J connectivity index is 2.11. The minimum absolute atomic E-state index is 0.472. The second kappa shape index (κ2) is 6.10. The van der Waals surface area contributed by atoms with Crippen molar-refractivity contribution in [1.29, 1.82) is 0 Å². The number of nitrogens with zero attached hydrogens (tertiary/aromatic N) is 3. The number of hydrogen-bond donors (Lipinski definition) is 1. The average molecular weight is 274 g/mol. The Bertz CT molecular complexity index is 639. The van der Waals surface area contributed by atoms with Crippen LogP contribution in [0.25, 0.3) is 0 Å². The summed E-state index contributed by atoms with van der Waals surface area (Å²) in [5, 5.41) is 10.9. The molecule has 0 atom stereocenters. The van der Waals surface area contributed by atoms with E-state index in [-0.39, 0.29) is 0 Å². The molecule has 0 saturated heterocycles. The molecule has 19 heavy (non-hydrogen) atoms. The van der Waals surface area contributed by atoms with Crippen LogP contribution in [0.3, 0.4) is 0 Å². The van der Waals surface area contributed by atoms with Gasteiger partial charge in [-0.3, -0.25) is 5.10 Å². The van der Waals surface area contributed by atoms with Gasteiger partial charge in [-0.05, 0) is 49.0 Å². The van der Waals surface area contributed by atoms with E-state index in [0.717, 1.165) is 11.3 Å². The number of aryl methyl sites for hydroxylation is 1. The summed E-state index contributed by atoms with van der Waals surface area (Å²) < 4.78 is 7.44. The first-order valence-corrected chi connectivity index (χ1v) is 6.13. The predicted octanol–water partition coefficient (Wildman–Crippen LogP) is 2.70. The topological polar surface area (TPSA) is 55.2 Å². The van der Waals surface area contributed by atoms with E-state index in [4.69, 9.17) is 17.0 Å². The number of hydrogen-bond acceptors (Lipinski definition) is 4. The summed E-state index contributed by atoms with van der Waals surface area (Å²) in [5.74, 6) is 1.51. The molecule has 1 aromatic heterocycles. The summed E-state index contributed by atoms with van der Waals surface area (Å²) in [6.45, 7) is 5.93. The van der Waals surface area contributed by atoms with Gasteiger partial charge in [-0.15, -0.1) is 0 Å². The van der Waals surface area contributed by atoms with Gasteiger partial charge in [-0.25, -0.2) is 0 Å². The van der Waals surface area contributed by atoms with E-state index in [1.165, 1.54) is 0 Å². The van der Waals surface area contributed by atoms with Gasteiger partial charge in [0.25, 0.3) is 0 Å². The van der Waals surface area contributed by atoms with Crippen molar-refractivity contribution < 1.29 is 4.74 Å². The number of ether oxygens (including phenoxy) is 1. The van der Waals surface area contributed by atoms with Gasteiger partial charge in [0, 0.05) is 0 Å². The van der Waals surface area contributed by atoms with Crippen LogP contribution < -0.4 is 4.74 Å². The Hall–Kier alpha value is -2.21. The van der Waals surface area contributed by atoms with Crippen molar-refractivity contribution in [2.24, 2.45) is 5.10 Å². The molecule has 0 spiro atoms. The van der Waals surface area contributed by atoms with E-state index >= 15 is 0 Å². The van der Waals surface area contributed by atoms with Gasteiger partial charge in [0.15, 0.2) is 0 Å². The average Bonchev–Trinajstić information content (AvgIpc) is 2.75. The number of aromatic nitrogens is 3. The summed E-state index contributed by atoms with van der Waals surface area (Å²) in [6, 6.07) is 7.60. The minimum Gasteiger partial charge on any atom is -0.490 e. The molecule has 0 aliphatic carbocycles. The summed E-state index contributed by atoms with van der Waals surface area (Å²) in [5.41, 5.74) is 0.952. The van der Waals surface area contributed by atoms with E-state index in [9.17, 15) is 0 Å². The Kier molecular flexibility index (Phi) is 4.25. The van der Waals surface area contributed by atoms with Crippen LogP contribution in [0.1, 0.15) is 11.4 Å². The SMILES string of the molecule is C=CCOc1ccc(/C=N\n2c(C)n[nH]c2=S)cc1. The first kappa shape index (κ1) is 13.2. The molecule has 6 heteroatoms. The lowest BCUT2D eigenvalue weighted by Gasteiger charge is -2.02. The standard InChI is InChI=1S/C13H14N4OS/c1-3-8-18-12-6-4-11(5-7-12)9-14-17-10(2)15-16-13(17)19/h3-7,9H,1,8H2,2H3,(H,16,19)/b14-9-. The van der Waals surface area contributed by atoms with Crippen molar-refractivity contribution in [1.82, 2.24) is 14.9 Å². The Morgan fingerprint density at radius 3 is 2.79 bits per heavy atom. The molecule has 2 rings (SSSR count). The van der Waals surface area contributed by atoms with Crippen molar-refractivity contribution >= 4 is 18.4 Å². The Morgan fingerprint density at radius 2 is 2.21 bits per heavy atom. The molecule has 2 aromatic rings. The zero-order chi connectivity index (χ0) is 13.7. The number of benzene rings is 1. The van der Waals surface area contributed by atoms with Gasteiger partial charge < -0.3 is 4.74 Å². The van der Waals surface area contributed by atoms with Gasteiger partial charge in [0.05, 0.1) is 6.21 Å². The molecule has 0 unspecified atom stereocenters. The maximum atomic E-state index is 5.40. The van der Waals surface area contributed by atoms with Crippen molar-refractivity contribution in [3.05, 3.63) is 53.1 Å². The minimum atomic E-state index is 0.472. The van der Waals surface area contributed by atoms with Gasteiger partial charge >= 0.3 is 0 Å². The molecule has 0 aliphatic rings. The first-order chi connectivity index (χ1) is 9.20. The van der Waals surface area contributed by atoms with E-state index in [0.29, 0.717) is 17.2 Å². The highest BCUT2D eigenvalue weighted by Gasteiger charge is 1.97. The Morgan fingerprint density at radius 1 is 1.47 bits per heavy atom. The van der Waals surface area contributed by atoms with E-state index < -0.39 is 0 Å². The number of nitrogens with one attached hydrogen (secondary N) is 1. The van der Waals surface area contributed by atoms with Crippen molar-refractivity contribution in [2.75, 3.05) is 6.61 Å². The van der Waals surface area contributed by atoms with Crippen molar-refractivity contribution in [3.8, 4) is 5.75 Å². The lowest BCUT2D eigenvalue weighted by atomic mass is 10.2. The normalized spacial score (nSPS) is 10.8. The van der Waals surface area contributed by atoms with Crippen LogP contribution in [0.5, 0.6) is 5.75 Å². The third-order valence-corrected chi connectivity index (χ3v) is 2.65. The molecule has 0 saturated carbocycles. The molecule has 0 radical (unpaired) electrons. The molecule has 1 N–H and O–H groups in total. The highest BCUT2D eigenvalue weighted by molar-refractivity contribution is 7.71. The fraction of sp³-hybridized carbons (Fsp3) is 0.154. The van der Waals surface area contributed by atoms with Crippen LogP contribution in [0.2, 0.25) is 0 Å². The summed E-state index contributed by atoms with van der Waals surface area (Å²) in [4.78, 5) is 0. The quantitative estimate of drug-likeness (QED) is 0.518. The van der Waals surface area contributed by atoms with Gasteiger partial charge in [-0.1, -0.05) is 12.7 Å². The molecular formula is C13H14N4OS. The molecule has 1 aromatic carbocycles. The summed E-state index contributed by atoms with van der Waals surface area (Å²) in [6.07, 6.45) is 3.43. The van der Waals surface area contributed by atoms with Crippen LogP contribution in [0.15, 0.2) is 42.0 Å². The lowest BCUT2D eigenvalue weighted by molar-refractivity contribution is 0.363. The lowest BCUT2D eigenvalue weighted by Crippen LogP contribution is -1.95. The van der Waals surface area contributed by atoms with Crippen LogP contribution in [-0.4, -0.2) is 27.7 Å². The molecule has 0 aliphatic heterocycles. The second-order valence-electron chi connectivity index (χ2n) is 3.80. The third kappa shape index (κ3) is 3.38. The summed E-state index contributed by atoms with van der Waals surface area (Å²) >= 11 is 5.06. The zero-order valence-corrected chi connectivity index (χ0v) is 11.4. The van der Waals surface area contributed by atoms with Gasteiger partial charge in [0.2, 0.25) is 4.77 Å². The Labute approximate surface area is 116 Å². The van der Waals surface area contributed by atoms with Gasteiger partial charge in [-0.2, -0.15) is 14.9 Å². The molecule has 1 heterocycles. The highest BCUT2D eigenvalue weighted by Crippen LogP contribution is 2.11. The predicted molar refractivity (Wildman–Crippen MR) is 77.3 cm³/mol. The zero-order valence-electron chi connectivity index (χ0n) is 10.5. The smallest absolute Gasteiger partial charge is 0.216 e. The first-order valence-electron chi connectivity index (χ1n) is 5.73. The van der Waals surface area contributed by atoms with Crippen molar-refractivity contribution in [2.45, 2.75) is 6.92 Å². The third-order valence-electron chi connectivity index (χ3n) is 2.38. The molecule has 0 amide bonds. The number of H-pyrrole nitrogens is 1. The monoisotopic (exact) mass is 274 g/mol. The fourth-order valence-corrected chi connectivity index (χ4v) is 1.66. The molecule has 5 nitrogen and oxygen atoms in total. The maximum absolute atomic E-state index is 5.40. The van der Waals surface area contributed by atoms with E-state index in [1.54, 1.807) is 17.0 Å². The van der Waals surface area contributed by atoms with Crippen LogP contribution in [0, 0.1) is 11.7 Å². The molecule has 0 bridgehead atoms. The maximum Gasteiger partial charge on any atom is 0.216 e. The molecular weight excluding hydrogens is 260 g/mol. The van der Waals surface area contributed by atoms with Crippen molar-refractivity contribution in [3.63, 3.8) is 0 Å². The van der Waals surface area contributed by atoms with E-state index in [1.807, 2.05) is 31.2 Å². The largest absolute Gasteiger partial charge is 0.490 e. The second-order valence-corrected chi connectivity index (χ2v) is 4.19. The number of rotatable bonds is 5. The van der Waals surface area contributed by atoms with Crippen LogP contribution in [0.4, 0.5) is 0 Å². The van der Waals surface area contributed by atoms with Crippen LogP contribution in [-0.2, 0) is 0 Å².